The highest BCUT2D eigenvalue weighted by atomic mass is 19.1. The van der Waals surface area contributed by atoms with Gasteiger partial charge in [-0.25, -0.2) is 4.39 Å². The Labute approximate surface area is 89.2 Å². The molecule has 0 aliphatic rings. The van der Waals surface area contributed by atoms with Crippen molar-refractivity contribution in [2.24, 2.45) is 12.8 Å². The number of hydrogen-bond acceptors (Lipinski definition) is 3. The molecule has 0 aromatic carbocycles. The third-order valence-electron chi connectivity index (χ3n) is 2.52. The molecule has 86 valence electrons. The van der Waals surface area contributed by atoms with E-state index in [1.54, 1.807) is 7.05 Å². The molecule has 0 aliphatic carbocycles. The number of rotatable bonds is 5. The maximum Gasteiger partial charge on any atom is 0.168 e. The first kappa shape index (κ1) is 12.0. The van der Waals surface area contributed by atoms with Crippen molar-refractivity contribution in [3.05, 3.63) is 11.9 Å². The standard InChI is InChI=1S/C10H18FN3O/c1-4-5-10(11,7-12)9-8(15-3)6-13-14(9)2/h6H,4-5,7,12H2,1-3H3. The number of halogens is 1. The van der Waals surface area contributed by atoms with E-state index in [9.17, 15) is 4.39 Å². The SMILES string of the molecule is CCCC(F)(CN)c1c(OC)cnn1C. The van der Waals surface area contributed by atoms with Gasteiger partial charge in [0.2, 0.25) is 0 Å². The van der Waals surface area contributed by atoms with Gasteiger partial charge in [0.1, 0.15) is 5.69 Å². The third kappa shape index (κ3) is 2.12. The Morgan fingerprint density at radius 2 is 2.33 bits per heavy atom. The number of ether oxygens (including phenoxy) is 1. The number of hydrogen-bond donors (Lipinski definition) is 1. The summed E-state index contributed by atoms with van der Waals surface area (Å²) in [5.41, 5.74) is 4.38. The molecule has 1 atom stereocenters. The lowest BCUT2D eigenvalue weighted by molar-refractivity contribution is 0.142. The second-order valence-electron chi connectivity index (χ2n) is 3.60. The molecule has 2 N–H and O–H groups in total. The van der Waals surface area contributed by atoms with Gasteiger partial charge in [0.25, 0.3) is 0 Å². The molecular weight excluding hydrogens is 197 g/mol. The predicted molar refractivity (Wildman–Crippen MR) is 56.5 cm³/mol. The fraction of sp³-hybridized carbons (Fsp3) is 0.700. The number of aryl methyl sites for hydroxylation is 1. The summed E-state index contributed by atoms with van der Waals surface area (Å²) in [5.74, 6) is 0.457. The van der Waals surface area contributed by atoms with E-state index in [1.807, 2.05) is 6.92 Å². The molecule has 0 fully saturated rings. The smallest absolute Gasteiger partial charge is 0.168 e. The van der Waals surface area contributed by atoms with Gasteiger partial charge in [-0.3, -0.25) is 4.68 Å². The lowest BCUT2D eigenvalue weighted by Crippen LogP contribution is -2.32. The monoisotopic (exact) mass is 215 g/mol. The van der Waals surface area contributed by atoms with Crippen LogP contribution in [0.3, 0.4) is 0 Å². The minimum absolute atomic E-state index is 0.0588. The molecule has 15 heavy (non-hydrogen) atoms. The van der Waals surface area contributed by atoms with Crippen LogP contribution in [0.2, 0.25) is 0 Å². The number of alkyl halides is 1. The van der Waals surface area contributed by atoms with Crippen LogP contribution >= 0.6 is 0 Å². The van der Waals surface area contributed by atoms with Crippen molar-refractivity contribution in [2.75, 3.05) is 13.7 Å². The van der Waals surface area contributed by atoms with Gasteiger partial charge in [-0.15, -0.1) is 0 Å². The zero-order valence-corrected chi connectivity index (χ0v) is 9.46. The zero-order valence-electron chi connectivity index (χ0n) is 9.46. The van der Waals surface area contributed by atoms with E-state index in [0.29, 0.717) is 17.9 Å². The number of methoxy groups -OCH3 is 1. The zero-order chi connectivity index (χ0) is 11.5. The van der Waals surface area contributed by atoms with Gasteiger partial charge in [0, 0.05) is 13.6 Å². The number of nitrogens with zero attached hydrogens (tertiary/aromatic N) is 2. The molecule has 0 bridgehead atoms. The third-order valence-corrected chi connectivity index (χ3v) is 2.52. The summed E-state index contributed by atoms with van der Waals surface area (Å²) in [5, 5.41) is 3.98. The molecule has 1 aromatic heterocycles. The second kappa shape index (κ2) is 4.61. The van der Waals surface area contributed by atoms with Crippen LogP contribution in [0.4, 0.5) is 4.39 Å². The fourth-order valence-corrected chi connectivity index (χ4v) is 1.79. The lowest BCUT2D eigenvalue weighted by atomic mass is 9.95. The molecule has 1 heterocycles. The minimum atomic E-state index is -1.55. The summed E-state index contributed by atoms with van der Waals surface area (Å²) in [6, 6.07) is 0. The Kier molecular flexibility index (Phi) is 3.68. The van der Waals surface area contributed by atoms with E-state index in [1.165, 1.54) is 18.0 Å². The van der Waals surface area contributed by atoms with Gasteiger partial charge in [0.05, 0.1) is 13.3 Å². The van der Waals surface area contributed by atoms with Gasteiger partial charge in [-0.1, -0.05) is 13.3 Å². The van der Waals surface area contributed by atoms with Gasteiger partial charge < -0.3 is 10.5 Å². The summed E-state index contributed by atoms with van der Waals surface area (Å²) >= 11 is 0. The van der Waals surface area contributed by atoms with E-state index < -0.39 is 5.67 Å². The van der Waals surface area contributed by atoms with Crippen molar-refractivity contribution < 1.29 is 9.13 Å². The van der Waals surface area contributed by atoms with Crippen LogP contribution in [-0.4, -0.2) is 23.4 Å². The van der Waals surface area contributed by atoms with Gasteiger partial charge in [-0.05, 0) is 6.42 Å². The van der Waals surface area contributed by atoms with Crippen LogP contribution in [0.5, 0.6) is 5.75 Å². The first-order valence-electron chi connectivity index (χ1n) is 5.04. The summed E-state index contributed by atoms with van der Waals surface area (Å²) in [7, 11) is 3.20. The van der Waals surface area contributed by atoms with Crippen LogP contribution in [-0.2, 0) is 12.7 Å². The number of aromatic nitrogens is 2. The molecule has 0 saturated carbocycles. The van der Waals surface area contributed by atoms with Crippen LogP contribution < -0.4 is 10.5 Å². The highest BCUT2D eigenvalue weighted by molar-refractivity contribution is 5.31. The quantitative estimate of drug-likeness (QED) is 0.806. The van der Waals surface area contributed by atoms with Crippen molar-refractivity contribution in [3.63, 3.8) is 0 Å². The second-order valence-corrected chi connectivity index (χ2v) is 3.60. The maximum absolute atomic E-state index is 14.5. The van der Waals surface area contributed by atoms with E-state index in [0.717, 1.165) is 6.42 Å². The average molecular weight is 215 g/mol. The summed E-state index contributed by atoms with van der Waals surface area (Å²) in [4.78, 5) is 0. The molecule has 0 saturated heterocycles. The van der Waals surface area contributed by atoms with E-state index in [-0.39, 0.29) is 6.54 Å². The molecule has 1 unspecified atom stereocenters. The molecule has 0 aliphatic heterocycles. The van der Waals surface area contributed by atoms with Crippen molar-refractivity contribution in [1.29, 1.82) is 0 Å². The van der Waals surface area contributed by atoms with Crippen LogP contribution in [0.1, 0.15) is 25.5 Å². The summed E-state index contributed by atoms with van der Waals surface area (Å²) in [6.45, 7) is 1.86. The molecule has 1 rings (SSSR count). The molecular formula is C10H18FN3O. The Bertz CT molecular complexity index is 326. The molecule has 1 aromatic rings. The van der Waals surface area contributed by atoms with Gasteiger partial charge in [-0.2, -0.15) is 5.10 Å². The van der Waals surface area contributed by atoms with Crippen LogP contribution in [0.15, 0.2) is 6.20 Å². The molecule has 0 spiro atoms. The lowest BCUT2D eigenvalue weighted by Gasteiger charge is -2.24. The van der Waals surface area contributed by atoms with Crippen LogP contribution in [0.25, 0.3) is 0 Å². The Morgan fingerprint density at radius 1 is 1.67 bits per heavy atom. The van der Waals surface area contributed by atoms with E-state index in [2.05, 4.69) is 5.10 Å². The van der Waals surface area contributed by atoms with Crippen molar-refractivity contribution >= 4 is 0 Å². The largest absolute Gasteiger partial charge is 0.493 e. The topological polar surface area (TPSA) is 53.1 Å². The molecule has 0 amide bonds. The minimum Gasteiger partial charge on any atom is -0.493 e. The first-order valence-corrected chi connectivity index (χ1v) is 5.04. The number of nitrogens with two attached hydrogens (primary N) is 1. The van der Waals surface area contributed by atoms with Gasteiger partial charge in [0.15, 0.2) is 11.4 Å². The predicted octanol–water partition coefficient (Wildman–Crippen LogP) is 1.35. The van der Waals surface area contributed by atoms with Crippen molar-refractivity contribution in [3.8, 4) is 5.75 Å². The van der Waals surface area contributed by atoms with Crippen molar-refractivity contribution in [2.45, 2.75) is 25.4 Å². The van der Waals surface area contributed by atoms with Crippen molar-refractivity contribution in [1.82, 2.24) is 9.78 Å². The first-order chi connectivity index (χ1) is 7.09. The Morgan fingerprint density at radius 3 is 2.80 bits per heavy atom. The van der Waals surface area contributed by atoms with E-state index >= 15 is 0 Å². The normalized spacial score (nSPS) is 15.0. The molecule has 5 heteroatoms. The Balaban J connectivity index is 3.15. The molecule has 0 radical (unpaired) electrons. The van der Waals surface area contributed by atoms with E-state index in [4.69, 9.17) is 10.5 Å². The average Bonchev–Trinajstić information content (AvgIpc) is 2.60. The summed E-state index contributed by atoms with van der Waals surface area (Å²) < 4.78 is 21.1. The highest BCUT2D eigenvalue weighted by Gasteiger charge is 2.35. The maximum atomic E-state index is 14.5. The van der Waals surface area contributed by atoms with Crippen LogP contribution in [0, 0.1) is 0 Å². The molecule has 4 nitrogen and oxygen atoms in total. The fourth-order valence-electron chi connectivity index (χ4n) is 1.79. The highest BCUT2D eigenvalue weighted by Crippen LogP contribution is 2.35. The van der Waals surface area contributed by atoms with Gasteiger partial charge >= 0.3 is 0 Å². The Hall–Kier alpha value is -1.10. The summed E-state index contributed by atoms with van der Waals surface area (Å²) in [6.07, 6.45) is 2.61.